The highest BCUT2D eigenvalue weighted by molar-refractivity contribution is 5.90. The lowest BCUT2D eigenvalue weighted by molar-refractivity contribution is -0.158. The van der Waals surface area contributed by atoms with Crippen LogP contribution in [0.4, 0.5) is 8.78 Å². The average molecular weight is 1610 g/mol. The van der Waals surface area contributed by atoms with Crippen LogP contribution in [0.25, 0.3) is 84.1 Å². The van der Waals surface area contributed by atoms with Crippen molar-refractivity contribution < 1.29 is 72.5 Å². The molecule has 121 heavy (non-hydrogen) atoms. The minimum Gasteiger partial charge on any atom is -0.478 e. The summed E-state index contributed by atoms with van der Waals surface area (Å²) in [6.07, 6.45) is 14.8. The van der Waals surface area contributed by atoms with Gasteiger partial charge in [-0.3, -0.25) is 0 Å². The lowest BCUT2D eigenvalue weighted by atomic mass is 10.1. The van der Waals surface area contributed by atoms with Crippen molar-refractivity contribution in [2.45, 2.75) is 26.9 Å². The first-order valence-electron chi connectivity index (χ1n) is 37.4. The number of halogens is 2. The number of carboxylic acid groups (broad SMARTS) is 5. The number of rotatable bonds is 21. The van der Waals surface area contributed by atoms with Gasteiger partial charge in [0.15, 0.2) is 0 Å². The van der Waals surface area contributed by atoms with Gasteiger partial charge in [0.2, 0.25) is 0 Å². The van der Waals surface area contributed by atoms with Gasteiger partial charge in [0, 0.05) is 65.7 Å². The van der Waals surface area contributed by atoms with Crippen molar-refractivity contribution in [2.75, 3.05) is 0 Å². The molecule has 0 bridgehead atoms. The molecule has 17 aromatic rings. The van der Waals surface area contributed by atoms with Crippen LogP contribution in [0.3, 0.4) is 0 Å². The van der Waals surface area contributed by atoms with Gasteiger partial charge in [0.1, 0.15) is 28.7 Å². The summed E-state index contributed by atoms with van der Waals surface area (Å²) in [5.41, 5.74) is 16.7. The van der Waals surface area contributed by atoms with Crippen LogP contribution in [0.15, 0.2) is 365 Å². The molecule has 600 valence electrons. The molecule has 0 saturated carbocycles. The van der Waals surface area contributed by atoms with E-state index in [2.05, 4.69) is 55.4 Å². The molecular formula is C96H74F2N10O13. The first kappa shape index (κ1) is 82.3. The van der Waals surface area contributed by atoms with E-state index in [1.54, 1.807) is 170 Å². The van der Waals surface area contributed by atoms with Crippen molar-refractivity contribution in [2.24, 2.45) is 0 Å². The smallest absolute Gasteiger partial charge is 0.394 e. The second-order valence-electron chi connectivity index (χ2n) is 27.2. The number of alkyl halides is 2. The summed E-state index contributed by atoms with van der Waals surface area (Å²) in [5.74, 6) is -1.68. The lowest BCUT2D eigenvalue weighted by Gasteiger charge is -2.13. The molecule has 5 N–H and O–H groups in total. The van der Waals surface area contributed by atoms with Crippen molar-refractivity contribution in [1.82, 2.24) is 48.9 Å². The van der Waals surface area contributed by atoms with E-state index in [1.165, 1.54) is 35.4 Å². The van der Waals surface area contributed by atoms with Crippen molar-refractivity contribution >= 4 is 29.8 Å². The lowest BCUT2D eigenvalue weighted by Crippen LogP contribution is -2.18. The maximum Gasteiger partial charge on any atom is 0.394 e. The predicted molar refractivity (Wildman–Crippen MR) is 454 cm³/mol. The molecule has 17 rings (SSSR count). The Morgan fingerprint density at radius 1 is 0.264 bits per heavy atom. The highest BCUT2D eigenvalue weighted by atomic mass is 19.3. The second kappa shape index (κ2) is 38.2. The molecule has 0 fully saturated rings. The summed E-state index contributed by atoms with van der Waals surface area (Å²) in [5, 5.41) is 66.6. The fourth-order valence-corrected chi connectivity index (χ4v) is 12.2. The molecule has 25 heteroatoms. The molecule has 0 spiro atoms. The second-order valence-corrected chi connectivity index (χ2v) is 27.2. The molecular weight excluding hydrogens is 1540 g/mol. The zero-order valence-electron chi connectivity index (χ0n) is 64.9. The Morgan fingerprint density at radius 2 is 0.521 bits per heavy atom. The van der Waals surface area contributed by atoms with Crippen molar-refractivity contribution in [3.8, 4) is 113 Å². The molecule has 0 saturated heterocycles. The fourth-order valence-electron chi connectivity index (χ4n) is 12.2. The van der Waals surface area contributed by atoms with Gasteiger partial charge in [-0.05, 0) is 212 Å². The Morgan fingerprint density at radius 3 is 0.810 bits per heavy atom. The average Bonchev–Trinajstić information content (AvgIpc) is 1.72. The number of hydrogen-bond donors (Lipinski definition) is 5. The number of benzene rings is 12. The van der Waals surface area contributed by atoms with E-state index in [9.17, 15) is 32.8 Å². The Balaban J connectivity index is 0.000000131. The first-order valence-corrected chi connectivity index (χ1v) is 37.4. The molecule has 0 aliphatic heterocycles. The van der Waals surface area contributed by atoms with Gasteiger partial charge in [-0.1, -0.05) is 145 Å². The van der Waals surface area contributed by atoms with Crippen LogP contribution in [0.2, 0.25) is 0 Å². The number of para-hydroxylation sites is 2. The molecule has 0 aliphatic carbocycles. The normalized spacial score (nSPS) is 10.7. The quantitative estimate of drug-likeness (QED) is 0.0446. The van der Waals surface area contributed by atoms with Crippen LogP contribution in [0.5, 0.6) is 28.7 Å². The van der Waals surface area contributed by atoms with E-state index in [1.807, 2.05) is 183 Å². The largest absolute Gasteiger partial charge is 0.478 e. The van der Waals surface area contributed by atoms with Crippen LogP contribution in [0.1, 0.15) is 69.8 Å². The van der Waals surface area contributed by atoms with Gasteiger partial charge in [0.05, 0.1) is 87.2 Å². The van der Waals surface area contributed by atoms with Gasteiger partial charge in [0.25, 0.3) is 0 Å². The minimum absolute atomic E-state index is 0.0589. The van der Waals surface area contributed by atoms with Gasteiger partial charge in [-0.15, -0.1) is 0 Å². The van der Waals surface area contributed by atoms with E-state index < -0.39 is 36.0 Å². The Kier molecular flexibility index (Phi) is 26.0. The van der Waals surface area contributed by atoms with Crippen LogP contribution in [-0.2, 0) is 0 Å². The standard InChI is InChI=1S/2C22H16N2O3.C18H14F2N2O3.2C17H14N2O2/c25-22(26)17-7-4-8-19(12-17)24-15-18(14-23-24)16-6-5-11-21(13-16)27-20-9-2-1-3-10-20;25-22(26)16-9-11-19(12-10-16)24-15-18(14-23-24)17-5-4-8-21(13-17)27-20-6-2-1-3-7-20;1-18(19,20)25-16-4-2-3-13(9-16)14-10-21-22(11-14)15-7-5-12(6-8-15)17(23)24;1-12-4-2-5-13(8-12)15-10-18-19(11-15)16-7-3-6-14(9-16)17(20)21;1-12-3-2-4-14(9-12)15-10-18-19(11-15)16-7-5-13(6-8-16)17(20)21/h2*1-15H,(H,25,26);2-11H,1H3,(H,23,24);2*2-11H,1H3,(H,20,21). The molecule has 0 aliphatic rings. The molecule has 5 heterocycles. The SMILES string of the molecule is CC(F)(F)Oc1cccc(-c2cnn(-c3ccc(C(=O)O)cc3)c2)c1.Cc1cccc(-c2cnn(-c3ccc(C(=O)O)cc3)c2)c1.Cc1cccc(-c2cnn(-c3cccc(C(=O)O)c3)c2)c1.O=C(O)c1ccc(-n2cc(-c3cccc(Oc4ccccc4)c3)cn2)cc1.O=C(O)c1cccc(-n2cc(-c3cccc(Oc4ccccc4)c3)cn2)c1. The zero-order chi connectivity index (χ0) is 84.9. The zero-order valence-corrected chi connectivity index (χ0v) is 64.9. The highest BCUT2D eigenvalue weighted by Gasteiger charge is 2.24. The Labute approximate surface area is 691 Å². The Hall–Kier alpha value is -16.7. The number of carboxylic acids is 5. The third kappa shape index (κ3) is 22.4. The summed E-state index contributed by atoms with van der Waals surface area (Å²) < 4.78 is 50.7. The summed E-state index contributed by atoms with van der Waals surface area (Å²) in [4.78, 5) is 54.9. The molecule has 12 aromatic carbocycles. The number of nitrogens with zero attached hydrogens (tertiary/aromatic N) is 10. The van der Waals surface area contributed by atoms with Crippen molar-refractivity contribution in [1.29, 1.82) is 0 Å². The number of aryl methyl sites for hydroxylation is 2. The summed E-state index contributed by atoms with van der Waals surface area (Å²) in [6, 6.07) is 90.4. The number of carbonyl (C=O) groups is 5. The number of aromatic carboxylic acids is 5. The molecule has 0 atom stereocenters. The van der Waals surface area contributed by atoms with E-state index >= 15 is 0 Å². The fraction of sp³-hybridized carbons (Fsp3) is 0.0417. The molecule has 0 radical (unpaired) electrons. The summed E-state index contributed by atoms with van der Waals surface area (Å²) in [7, 11) is 0. The van der Waals surface area contributed by atoms with Gasteiger partial charge in [-0.25, -0.2) is 47.4 Å². The van der Waals surface area contributed by atoms with E-state index in [4.69, 9.17) is 35.0 Å². The van der Waals surface area contributed by atoms with Gasteiger partial charge >= 0.3 is 36.0 Å². The van der Waals surface area contributed by atoms with Crippen LogP contribution >= 0.6 is 0 Å². The van der Waals surface area contributed by atoms with E-state index in [-0.39, 0.29) is 33.6 Å². The van der Waals surface area contributed by atoms with Crippen LogP contribution in [-0.4, -0.2) is 110 Å². The topological polar surface area (TPSA) is 303 Å². The number of aromatic nitrogens is 10. The number of ether oxygens (including phenoxy) is 3. The molecule has 0 amide bonds. The monoisotopic (exact) mass is 1610 g/mol. The van der Waals surface area contributed by atoms with Gasteiger partial charge in [-0.2, -0.15) is 34.3 Å². The molecule has 5 aromatic heterocycles. The molecule has 0 unspecified atom stereocenters. The summed E-state index contributed by atoms with van der Waals surface area (Å²) >= 11 is 0. The summed E-state index contributed by atoms with van der Waals surface area (Å²) in [6.45, 7) is 4.78. The third-order valence-corrected chi connectivity index (χ3v) is 18.2. The first-order chi connectivity index (χ1) is 58.5. The van der Waals surface area contributed by atoms with Gasteiger partial charge < -0.3 is 39.7 Å². The minimum atomic E-state index is -3.26. The van der Waals surface area contributed by atoms with E-state index in [0.717, 1.165) is 84.6 Å². The maximum atomic E-state index is 13.0. The van der Waals surface area contributed by atoms with Crippen LogP contribution in [0, 0.1) is 13.8 Å². The van der Waals surface area contributed by atoms with Crippen molar-refractivity contribution in [3.63, 3.8) is 0 Å². The third-order valence-electron chi connectivity index (χ3n) is 18.2. The molecule has 23 nitrogen and oxygen atoms in total. The Bertz CT molecular complexity index is 6460. The van der Waals surface area contributed by atoms with Crippen molar-refractivity contribution in [3.05, 3.63) is 404 Å². The predicted octanol–water partition coefficient (Wildman–Crippen LogP) is 21.4. The highest BCUT2D eigenvalue weighted by Crippen LogP contribution is 2.33. The number of hydrogen-bond acceptors (Lipinski definition) is 13. The van der Waals surface area contributed by atoms with Crippen LogP contribution < -0.4 is 14.2 Å². The van der Waals surface area contributed by atoms with E-state index in [0.29, 0.717) is 29.4 Å². The maximum absolute atomic E-state index is 13.0.